The van der Waals surface area contributed by atoms with Gasteiger partial charge in [0.25, 0.3) is 0 Å². The van der Waals surface area contributed by atoms with Crippen LogP contribution in [-0.4, -0.2) is 35.2 Å². The van der Waals surface area contributed by atoms with Crippen LogP contribution in [-0.2, 0) is 11.2 Å². The van der Waals surface area contributed by atoms with Crippen LogP contribution in [0.5, 0.6) is 0 Å². The summed E-state index contributed by atoms with van der Waals surface area (Å²) in [6, 6.07) is 0.377. The number of nitrogens with zero attached hydrogens (tertiary/aromatic N) is 1. The molecule has 26 heavy (non-hydrogen) atoms. The number of aliphatic hydroxyl groups is 1. The van der Waals surface area contributed by atoms with Gasteiger partial charge >= 0.3 is 0 Å². The second kappa shape index (κ2) is 6.48. The topological polar surface area (TPSA) is 74.2 Å². The van der Waals surface area contributed by atoms with E-state index in [1.54, 1.807) is 11.3 Å². The number of aliphatic hydroxyl groups excluding tert-OH is 1. The monoisotopic (exact) mass is 377 g/mol. The van der Waals surface area contributed by atoms with Crippen LogP contribution in [0.1, 0.15) is 62.9 Å². The largest absolute Gasteiger partial charge is 0.392 e. The summed E-state index contributed by atoms with van der Waals surface area (Å²) >= 11 is 1.75. The van der Waals surface area contributed by atoms with Crippen LogP contribution in [0.25, 0.3) is 0 Å². The van der Waals surface area contributed by atoms with E-state index in [1.165, 1.54) is 4.88 Å². The lowest BCUT2D eigenvalue weighted by Crippen LogP contribution is -2.53. The van der Waals surface area contributed by atoms with Crippen LogP contribution in [0, 0.1) is 23.2 Å². The van der Waals surface area contributed by atoms with Crippen LogP contribution < -0.4 is 10.6 Å². The van der Waals surface area contributed by atoms with E-state index in [9.17, 15) is 9.90 Å². The summed E-state index contributed by atoms with van der Waals surface area (Å²) in [5.74, 6) is 0.413. The van der Waals surface area contributed by atoms with Gasteiger partial charge in [-0.1, -0.05) is 20.8 Å². The smallest absolute Gasteiger partial charge is 0.223 e. The first kappa shape index (κ1) is 18.2. The van der Waals surface area contributed by atoms with Crippen molar-refractivity contribution in [1.29, 1.82) is 0 Å². The average Bonchev–Trinajstić information content (AvgIpc) is 3.30. The highest BCUT2D eigenvalue weighted by molar-refractivity contribution is 7.15. The van der Waals surface area contributed by atoms with Gasteiger partial charge in [0, 0.05) is 29.8 Å². The van der Waals surface area contributed by atoms with E-state index in [1.807, 2.05) is 14.0 Å². The Kier molecular flexibility index (Phi) is 4.55. The van der Waals surface area contributed by atoms with Crippen molar-refractivity contribution in [3.63, 3.8) is 0 Å². The summed E-state index contributed by atoms with van der Waals surface area (Å²) in [4.78, 5) is 18.7. The van der Waals surface area contributed by atoms with E-state index >= 15 is 0 Å². The number of hydrogen-bond acceptors (Lipinski definition) is 5. The second-order valence-electron chi connectivity index (χ2n) is 8.99. The molecule has 1 amide bonds. The van der Waals surface area contributed by atoms with Crippen molar-refractivity contribution in [2.24, 2.45) is 23.2 Å². The molecule has 3 aliphatic carbocycles. The number of thiazole rings is 1. The third-order valence-corrected chi connectivity index (χ3v) is 8.20. The van der Waals surface area contributed by atoms with Crippen LogP contribution in [0.15, 0.2) is 0 Å². The van der Waals surface area contributed by atoms with Crippen molar-refractivity contribution in [3.8, 4) is 0 Å². The lowest BCUT2D eigenvalue weighted by Gasteiger charge is -2.53. The highest BCUT2D eigenvalue weighted by Gasteiger charge is 2.54. The number of anilines is 1. The van der Waals surface area contributed by atoms with Crippen LogP contribution in [0.2, 0.25) is 0 Å². The van der Waals surface area contributed by atoms with Crippen LogP contribution in [0.4, 0.5) is 5.13 Å². The van der Waals surface area contributed by atoms with Gasteiger partial charge in [-0.25, -0.2) is 4.98 Å². The minimum Gasteiger partial charge on any atom is -0.392 e. The Hall–Kier alpha value is -1.14. The molecular weight excluding hydrogens is 346 g/mol. The molecule has 0 saturated heterocycles. The Balaban J connectivity index is 1.57. The van der Waals surface area contributed by atoms with Gasteiger partial charge < -0.3 is 15.7 Å². The first-order chi connectivity index (χ1) is 12.3. The van der Waals surface area contributed by atoms with Gasteiger partial charge in [-0.15, -0.1) is 11.3 Å². The predicted molar refractivity (Wildman–Crippen MR) is 104 cm³/mol. The first-order valence-electron chi connectivity index (χ1n) is 10.00. The third-order valence-electron chi connectivity index (χ3n) is 7.12. The molecule has 0 bridgehead atoms. The molecule has 3 aliphatic rings. The summed E-state index contributed by atoms with van der Waals surface area (Å²) in [5, 5.41) is 18.6. The van der Waals surface area contributed by atoms with Gasteiger partial charge in [0.2, 0.25) is 5.91 Å². The Bertz CT molecular complexity index is 701. The number of aromatic nitrogens is 1. The summed E-state index contributed by atoms with van der Waals surface area (Å²) in [6.07, 6.45) is 4.73. The molecule has 0 aliphatic heterocycles. The predicted octanol–water partition coefficient (Wildman–Crippen LogP) is 3.15. The van der Waals surface area contributed by atoms with Crippen LogP contribution >= 0.6 is 11.3 Å². The Morgan fingerprint density at radius 1 is 1.38 bits per heavy atom. The molecule has 1 heterocycles. The molecule has 0 spiro atoms. The summed E-state index contributed by atoms with van der Waals surface area (Å²) in [6.45, 7) is 6.53. The van der Waals surface area contributed by atoms with Gasteiger partial charge in [-0.2, -0.15) is 0 Å². The highest BCUT2D eigenvalue weighted by atomic mass is 32.1. The SMILES string of the molecule is CNc1nc2c(s1)C[C@@]1(C)CC[C@@H]([C@H](C)C(=O)NC3CC3)[C@H](O)[C@H]1[C@H]2C. The van der Waals surface area contributed by atoms with Crippen LogP contribution in [0.3, 0.4) is 0 Å². The molecule has 0 aromatic carbocycles. The van der Waals surface area contributed by atoms with Crippen molar-refractivity contribution in [3.05, 3.63) is 10.6 Å². The number of rotatable bonds is 4. The first-order valence-corrected chi connectivity index (χ1v) is 10.8. The Morgan fingerprint density at radius 3 is 2.77 bits per heavy atom. The van der Waals surface area contributed by atoms with Crippen molar-refractivity contribution < 1.29 is 9.90 Å². The standard InChI is InChI=1S/C20H31N3O2S/c1-10(18(25)22-12-5-6-12)13-7-8-20(3)9-14-16(23-19(21-4)26-14)11(2)15(20)17(13)24/h10-13,15,17,24H,5-9H2,1-4H3,(H,21,23)(H,22,25)/t10-,11+,13-,15+,17-,20+/m0/s1. The van der Waals surface area contributed by atoms with Gasteiger partial charge in [0.05, 0.1) is 11.8 Å². The normalized spacial score (nSPS) is 37.4. The van der Waals surface area contributed by atoms with Gasteiger partial charge in [0.1, 0.15) is 0 Å². The highest BCUT2D eigenvalue weighted by Crippen LogP contribution is 2.57. The van der Waals surface area contributed by atoms with E-state index in [2.05, 4.69) is 24.5 Å². The van der Waals surface area contributed by atoms with E-state index < -0.39 is 6.10 Å². The van der Waals surface area contributed by atoms with Crippen molar-refractivity contribution in [2.75, 3.05) is 12.4 Å². The number of nitrogens with one attached hydrogen (secondary N) is 2. The molecule has 1 aromatic rings. The number of fused-ring (bicyclic) bond motifs is 2. The Morgan fingerprint density at radius 2 is 2.12 bits per heavy atom. The van der Waals surface area contributed by atoms with Crippen molar-refractivity contribution >= 4 is 22.4 Å². The lowest BCUT2D eigenvalue weighted by atomic mass is 9.53. The molecule has 0 radical (unpaired) electrons. The van der Waals surface area contributed by atoms with E-state index in [0.29, 0.717) is 6.04 Å². The van der Waals surface area contributed by atoms with E-state index in [-0.39, 0.29) is 35.0 Å². The maximum Gasteiger partial charge on any atom is 0.223 e. The second-order valence-corrected chi connectivity index (χ2v) is 10.1. The Labute approximate surface area is 160 Å². The van der Waals surface area contributed by atoms with Crippen molar-refractivity contribution in [1.82, 2.24) is 10.3 Å². The molecule has 144 valence electrons. The molecule has 2 saturated carbocycles. The quantitative estimate of drug-likeness (QED) is 0.753. The van der Waals surface area contributed by atoms with Gasteiger partial charge in [0.15, 0.2) is 5.13 Å². The molecule has 6 atom stereocenters. The maximum absolute atomic E-state index is 12.6. The molecule has 6 heteroatoms. The fourth-order valence-electron chi connectivity index (χ4n) is 5.41. The minimum absolute atomic E-state index is 0.0400. The summed E-state index contributed by atoms with van der Waals surface area (Å²) < 4.78 is 0. The molecule has 5 nitrogen and oxygen atoms in total. The van der Waals surface area contributed by atoms with E-state index in [4.69, 9.17) is 4.98 Å². The minimum atomic E-state index is -0.448. The number of carbonyl (C=O) groups is 1. The van der Waals surface area contributed by atoms with Gasteiger partial charge in [-0.05, 0) is 49.4 Å². The molecule has 2 fully saturated rings. The molecular formula is C20H31N3O2S. The van der Waals surface area contributed by atoms with Crippen molar-refractivity contribution in [2.45, 2.75) is 70.9 Å². The van der Waals surface area contributed by atoms with E-state index in [0.717, 1.165) is 42.9 Å². The molecule has 3 N–H and O–H groups in total. The fourth-order valence-corrected chi connectivity index (χ4v) is 6.63. The number of carbonyl (C=O) groups excluding carboxylic acids is 1. The number of amides is 1. The number of hydrogen-bond donors (Lipinski definition) is 3. The average molecular weight is 378 g/mol. The molecule has 4 rings (SSSR count). The zero-order valence-corrected chi connectivity index (χ0v) is 17.0. The third kappa shape index (κ3) is 2.95. The fraction of sp³-hybridized carbons (Fsp3) is 0.800. The zero-order chi connectivity index (χ0) is 18.6. The summed E-state index contributed by atoms with van der Waals surface area (Å²) in [7, 11) is 1.91. The molecule has 1 aromatic heterocycles. The lowest BCUT2D eigenvalue weighted by molar-refractivity contribution is -0.134. The zero-order valence-electron chi connectivity index (χ0n) is 16.2. The van der Waals surface area contributed by atoms with Gasteiger partial charge in [-0.3, -0.25) is 4.79 Å². The summed E-state index contributed by atoms with van der Waals surface area (Å²) in [5.41, 5.74) is 1.24. The maximum atomic E-state index is 12.6. The molecule has 0 unspecified atom stereocenters.